The van der Waals surface area contributed by atoms with Crippen LogP contribution >= 0.6 is 15.9 Å². The van der Waals surface area contributed by atoms with Gasteiger partial charge in [0.2, 0.25) is 0 Å². The molecular weight excluding hydrogens is 334 g/mol. The van der Waals surface area contributed by atoms with Gasteiger partial charge in [0, 0.05) is 17.6 Å². The van der Waals surface area contributed by atoms with Crippen molar-refractivity contribution in [3.05, 3.63) is 28.2 Å². The number of aliphatic hydroxyl groups is 1. The number of amides is 1. The van der Waals surface area contributed by atoms with Crippen molar-refractivity contribution in [3.8, 4) is 5.75 Å². The van der Waals surface area contributed by atoms with Gasteiger partial charge in [-0.2, -0.15) is 0 Å². The Hall–Kier alpha value is -1.07. The first-order chi connectivity index (χ1) is 10.1. The molecule has 114 valence electrons. The van der Waals surface area contributed by atoms with E-state index in [1.54, 1.807) is 13.2 Å². The van der Waals surface area contributed by atoms with Crippen molar-refractivity contribution in [2.75, 3.05) is 20.2 Å². The Morgan fingerprint density at radius 3 is 2.62 bits per heavy atom. The number of carbonyl (C=O) groups excluding carboxylic acids is 1. The topological polar surface area (TPSA) is 49.8 Å². The van der Waals surface area contributed by atoms with E-state index in [1.165, 1.54) is 0 Å². The zero-order chi connectivity index (χ0) is 15.0. The molecule has 1 saturated carbocycles. The van der Waals surface area contributed by atoms with E-state index in [0.29, 0.717) is 11.3 Å². The number of methoxy groups -OCH3 is 1. The van der Waals surface area contributed by atoms with Gasteiger partial charge >= 0.3 is 0 Å². The first kappa shape index (κ1) is 14.9. The maximum atomic E-state index is 12.7. The minimum Gasteiger partial charge on any atom is -0.497 e. The van der Waals surface area contributed by atoms with Gasteiger partial charge in [-0.3, -0.25) is 4.79 Å². The number of hydrogen-bond donors (Lipinski definition) is 1. The van der Waals surface area contributed by atoms with Gasteiger partial charge in [0.05, 0.1) is 18.8 Å². The summed E-state index contributed by atoms with van der Waals surface area (Å²) in [5.74, 6) is 0.717. The van der Waals surface area contributed by atoms with Crippen LogP contribution in [0.25, 0.3) is 0 Å². The number of hydrogen-bond acceptors (Lipinski definition) is 3. The van der Waals surface area contributed by atoms with Crippen LogP contribution < -0.4 is 4.74 Å². The fraction of sp³-hybridized carbons (Fsp3) is 0.562. The lowest BCUT2D eigenvalue weighted by molar-refractivity contribution is -0.0952. The molecule has 0 aromatic heterocycles. The zero-order valence-electron chi connectivity index (χ0n) is 12.1. The first-order valence-corrected chi connectivity index (χ1v) is 8.16. The molecule has 1 spiro atoms. The monoisotopic (exact) mass is 353 g/mol. The Bertz CT molecular complexity index is 552. The van der Waals surface area contributed by atoms with Crippen molar-refractivity contribution in [3.63, 3.8) is 0 Å². The highest BCUT2D eigenvalue weighted by Crippen LogP contribution is 2.49. The summed E-state index contributed by atoms with van der Waals surface area (Å²) in [6, 6.07) is 5.44. The van der Waals surface area contributed by atoms with E-state index in [0.717, 1.165) is 43.2 Å². The highest BCUT2D eigenvalue weighted by atomic mass is 79.9. The van der Waals surface area contributed by atoms with E-state index in [1.807, 2.05) is 17.0 Å². The molecule has 2 fully saturated rings. The van der Waals surface area contributed by atoms with Crippen LogP contribution in [0.2, 0.25) is 0 Å². The van der Waals surface area contributed by atoms with Gasteiger partial charge in [-0.25, -0.2) is 0 Å². The minimum absolute atomic E-state index is 0.0319. The second-order valence-corrected chi connectivity index (χ2v) is 6.91. The molecule has 1 aliphatic heterocycles. The van der Waals surface area contributed by atoms with Crippen molar-refractivity contribution in [1.29, 1.82) is 0 Å². The predicted octanol–water partition coefficient (Wildman–Crippen LogP) is 2.83. The van der Waals surface area contributed by atoms with Crippen molar-refractivity contribution in [1.82, 2.24) is 4.90 Å². The summed E-state index contributed by atoms with van der Waals surface area (Å²) in [7, 11) is 1.60. The third kappa shape index (κ3) is 2.57. The summed E-state index contributed by atoms with van der Waals surface area (Å²) < 4.78 is 5.99. The van der Waals surface area contributed by atoms with Gasteiger partial charge in [0.25, 0.3) is 5.91 Å². The molecule has 1 amide bonds. The molecule has 21 heavy (non-hydrogen) atoms. The van der Waals surface area contributed by atoms with Crippen LogP contribution in [0.1, 0.15) is 36.0 Å². The summed E-state index contributed by atoms with van der Waals surface area (Å²) in [6.45, 7) is 1.44. The average molecular weight is 354 g/mol. The Labute approximate surface area is 133 Å². The number of ether oxygens (including phenoxy) is 1. The van der Waals surface area contributed by atoms with Gasteiger partial charge in [-0.1, -0.05) is 0 Å². The maximum Gasteiger partial charge on any atom is 0.255 e. The standard InChI is InChI=1S/C16H20BrNO3/c1-21-11-2-3-13(17)12(10-11)15(20)18-8-6-16(7-9-18)5-4-14(16)19/h2-3,10,14,19H,4-9H2,1H3. The van der Waals surface area contributed by atoms with E-state index >= 15 is 0 Å². The summed E-state index contributed by atoms with van der Waals surface area (Å²) >= 11 is 3.44. The number of rotatable bonds is 2. The molecule has 5 heteroatoms. The Morgan fingerprint density at radius 2 is 2.10 bits per heavy atom. The van der Waals surface area contributed by atoms with E-state index in [4.69, 9.17) is 4.74 Å². The smallest absolute Gasteiger partial charge is 0.255 e. The molecule has 1 N–H and O–H groups in total. The van der Waals surface area contributed by atoms with Crippen LogP contribution in [0.3, 0.4) is 0 Å². The highest BCUT2D eigenvalue weighted by Gasteiger charge is 2.47. The molecule has 1 atom stereocenters. The number of carbonyl (C=O) groups is 1. The third-order valence-electron chi connectivity index (χ3n) is 5.07. The lowest BCUT2D eigenvalue weighted by atomic mass is 9.61. The van der Waals surface area contributed by atoms with Gasteiger partial charge in [0.15, 0.2) is 0 Å². The van der Waals surface area contributed by atoms with Crippen LogP contribution in [-0.4, -0.2) is 42.2 Å². The minimum atomic E-state index is -0.168. The normalized spacial score (nSPS) is 23.8. The van der Waals surface area contributed by atoms with E-state index in [-0.39, 0.29) is 17.4 Å². The summed E-state index contributed by atoms with van der Waals surface area (Å²) in [5.41, 5.74) is 0.724. The average Bonchev–Trinajstić information content (AvgIpc) is 2.53. The number of halogens is 1. The molecule has 3 rings (SSSR count). The van der Waals surface area contributed by atoms with Crippen LogP contribution in [0.15, 0.2) is 22.7 Å². The zero-order valence-corrected chi connectivity index (χ0v) is 13.7. The Balaban J connectivity index is 1.72. The Morgan fingerprint density at radius 1 is 1.38 bits per heavy atom. The number of nitrogens with zero attached hydrogens (tertiary/aromatic N) is 1. The van der Waals surface area contributed by atoms with Gasteiger partial charge in [-0.05, 0) is 65.2 Å². The van der Waals surface area contributed by atoms with Crippen LogP contribution in [0.5, 0.6) is 5.75 Å². The maximum absolute atomic E-state index is 12.7. The number of likely N-dealkylation sites (tertiary alicyclic amines) is 1. The SMILES string of the molecule is COc1ccc(Br)c(C(=O)N2CCC3(CCC3O)CC2)c1. The molecule has 4 nitrogen and oxygen atoms in total. The van der Waals surface area contributed by atoms with Crippen molar-refractivity contribution >= 4 is 21.8 Å². The fourth-order valence-electron chi connectivity index (χ4n) is 3.39. The van der Waals surface area contributed by atoms with Gasteiger partial charge < -0.3 is 14.7 Å². The summed E-state index contributed by atoms with van der Waals surface area (Å²) in [4.78, 5) is 14.6. The molecule has 1 heterocycles. The Kier molecular flexibility index (Phi) is 3.97. The number of benzene rings is 1. The third-order valence-corrected chi connectivity index (χ3v) is 5.76. The largest absolute Gasteiger partial charge is 0.497 e. The second kappa shape index (κ2) is 5.61. The van der Waals surface area contributed by atoms with E-state index in [9.17, 15) is 9.90 Å². The van der Waals surface area contributed by atoms with E-state index < -0.39 is 0 Å². The molecule has 1 unspecified atom stereocenters. The summed E-state index contributed by atoms with van der Waals surface area (Å²) in [6.07, 6.45) is 3.65. The molecule has 1 aliphatic carbocycles. The number of piperidine rings is 1. The van der Waals surface area contributed by atoms with Gasteiger partial charge in [0.1, 0.15) is 5.75 Å². The van der Waals surface area contributed by atoms with Crippen molar-refractivity contribution in [2.24, 2.45) is 5.41 Å². The summed E-state index contributed by atoms with van der Waals surface area (Å²) in [5, 5.41) is 9.95. The second-order valence-electron chi connectivity index (χ2n) is 6.05. The molecular formula is C16H20BrNO3. The van der Waals surface area contributed by atoms with Crippen molar-refractivity contribution in [2.45, 2.75) is 31.8 Å². The molecule has 1 saturated heterocycles. The van der Waals surface area contributed by atoms with Gasteiger partial charge in [-0.15, -0.1) is 0 Å². The molecule has 0 radical (unpaired) electrons. The molecule has 2 aliphatic rings. The van der Waals surface area contributed by atoms with Crippen LogP contribution in [-0.2, 0) is 0 Å². The fourth-order valence-corrected chi connectivity index (χ4v) is 3.80. The predicted molar refractivity (Wildman–Crippen MR) is 83.5 cm³/mol. The lowest BCUT2D eigenvalue weighted by Crippen LogP contribution is -2.53. The number of aliphatic hydroxyl groups excluding tert-OH is 1. The molecule has 1 aromatic carbocycles. The van der Waals surface area contributed by atoms with Crippen LogP contribution in [0.4, 0.5) is 0 Å². The van der Waals surface area contributed by atoms with Crippen molar-refractivity contribution < 1.29 is 14.6 Å². The molecule has 0 bridgehead atoms. The quantitative estimate of drug-likeness (QED) is 0.889. The lowest BCUT2D eigenvalue weighted by Gasteiger charge is -2.51. The first-order valence-electron chi connectivity index (χ1n) is 7.37. The van der Waals surface area contributed by atoms with Crippen LogP contribution in [0, 0.1) is 5.41 Å². The van der Waals surface area contributed by atoms with E-state index in [2.05, 4.69) is 15.9 Å². The molecule has 1 aromatic rings. The highest BCUT2D eigenvalue weighted by molar-refractivity contribution is 9.10.